The number of fused-ring (bicyclic) bond motifs is 10. The summed E-state index contributed by atoms with van der Waals surface area (Å²) >= 11 is 0. The normalized spacial score (nSPS) is 11.4. The second-order valence-electron chi connectivity index (χ2n) is 36.2. The lowest BCUT2D eigenvalue weighted by molar-refractivity contribution is 1.18. The summed E-state index contributed by atoms with van der Waals surface area (Å²) in [6.07, 6.45) is 0. The van der Waals surface area contributed by atoms with Gasteiger partial charge in [0.15, 0.2) is 0 Å². The maximum absolute atomic E-state index is 2.44. The third-order valence-electron chi connectivity index (χ3n) is 27.9. The highest BCUT2D eigenvalue weighted by molar-refractivity contribution is 6.24. The first-order valence-corrected chi connectivity index (χ1v) is 48.7. The summed E-state index contributed by atoms with van der Waals surface area (Å²) in [5.74, 6) is 0. The van der Waals surface area contributed by atoms with Crippen molar-refractivity contribution in [3.05, 3.63) is 570 Å². The summed E-state index contributed by atoms with van der Waals surface area (Å²) < 4.78 is 4.87. The van der Waals surface area contributed by atoms with Gasteiger partial charge in [-0.25, -0.2) is 0 Å². The Kier molecular flexibility index (Phi) is 22.3. The summed E-state index contributed by atoms with van der Waals surface area (Å²) in [5, 5.41) is 14.6. The second-order valence-corrected chi connectivity index (χ2v) is 36.2. The predicted molar refractivity (Wildman–Crippen MR) is 603 cm³/mol. The lowest BCUT2D eigenvalue weighted by Gasteiger charge is -2.26. The fourth-order valence-electron chi connectivity index (χ4n) is 21.5. The Morgan fingerprint density at radius 1 is 0.106 bits per heavy atom. The predicted octanol–water partition coefficient (Wildman–Crippen LogP) is 38.1. The van der Waals surface area contributed by atoms with Crippen LogP contribution in [0.5, 0.6) is 0 Å². The quantitative estimate of drug-likeness (QED) is 0.0710. The van der Waals surface area contributed by atoms with E-state index in [0.29, 0.717) is 0 Å². The Balaban J connectivity index is 0.000000151. The molecule has 0 fully saturated rings. The van der Waals surface area contributed by atoms with E-state index in [0.717, 1.165) is 102 Å². The monoisotopic (exact) mass is 1810 g/mol. The molecule has 0 spiro atoms. The first-order valence-electron chi connectivity index (χ1n) is 48.7. The van der Waals surface area contributed by atoms with Crippen molar-refractivity contribution in [3.8, 4) is 78.1 Å². The third kappa shape index (κ3) is 15.7. The van der Waals surface area contributed by atoms with E-state index in [1.54, 1.807) is 0 Å². The SMILES string of the molecule is c1ccc(-c2c3ccccc3c(-c3ccc(-n4c5ccc(N(c6ccccc6)c6ccccc6)cc5c5cc(N(c6ccccc6)c6ccccc6)ccc54)cc3)c3ccccc23)cc1.c1ccc(-c2ccc(-c3ccc(-c4c5ccccc5c(-c5ccc(-n6c7ccc(N(c8ccccc8)c8ccccc8)cc7c7cc(N(c8ccccc8)c8ccccc8)ccc76)cc5)c5ccccc45)cc3)cc2)cc1. The number of hydrogen-bond acceptors (Lipinski definition) is 4. The summed E-state index contributed by atoms with van der Waals surface area (Å²) in [5.41, 5.74) is 34.6. The molecule has 0 amide bonds. The molecule has 24 aromatic carbocycles. The molecule has 0 saturated heterocycles. The van der Waals surface area contributed by atoms with Gasteiger partial charge in [-0.15, -0.1) is 0 Å². The topological polar surface area (TPSA) is 22.8 Å². The van der Waals surface area contributed by atoms with Crippen molar-refractivity contribution in [2.75, 3.05) is 19.6 Å². The molecule has 2 heterocycles. The molecule has 26 rings (SSSR count). The molecule has 668 valence electrons. The van der Waals surface area contributed by atoms with Gasteiger partial charge in [-0.2, -0.15) is 0 Å². The minimum Gasteiger partial charge on any atom is -0.310 e. The van der Waals surface area contributed by atoms with Crippen LogP contribution in [0.15, 0.2) is 570 Å². The van der Waals surface area contributed by atoms with Crippen LogP contribution in [0.1, 0.15) is 0 Å². The van der Waals surface area contributed by atoms with Gasteiger partial charge in [-0.05, 0) is 304 Å². The number of aromatic nitrogens is 2. The van der Waals surface area contributed by atoms with Crippen LogP contribution in [0, 0.1) is 0 Å². The molecule has 142 heavy (non-hydrogen) atoms. The summed E-state index contributed by atoms with van der Waals surface area (Å²) in [4.78, 5) is 9.39. The molecule has 0 unspecified atom stereocenters. The van der Waals surface area contributed by atoms with E-state index in [-0.39, 0.29) is 0 Å². The molecule has 6 heteroatoms. The number of benzene rings is 24. The van der Waals surface area contributed by atoms with Gasteiger partial charge in [0.2, 0.25) is 0 Å². The fraction of sp³-hybridized carbons (Fsp3) is 0. The van der Waals surface area contributed by atoms with Crippen LogP contribution in [0.2, 0.25) is 0 Å². The maximum Gasteiger partial charge on any atom is 0.0542 e. The minimum atomic E-state index is 1.09. The lowest BCUT2D eigenvalue weighted by atomic mass is 9.85. The minimum absolute atomic E-state index is 1.09. The number of para-hydroxylation sites is 8. The van der Waals surface area contributed by atoms with E-state index >= 15 is 0 Å². The summed E-state index contributed by atoms with van der Waals surface area (Å²) in [6, 6.07) is 206. The Hall–Kier alpha value is -18.9. The van der Waals surface area contributed by atoms with E-state index in [4.69, 9.17) is 0 Å². The molecule has 0 aliphatic carbocycles. The van der Waals surface area contributed by atoms with Crippen molar-refractivity contribution in [1.29, 1.82) is 0 Å². The second kappa shape index (κ2) is 37.3. The van der Waals surface area contributed by atoms with Gasteiger partial charge < -0.3 is 28.7 Å². The number of rotatable bonds is 20. The Morgan fingerprint density at radius 2 is 0.254 bits per heavy atom. The van der Waals surface area contributed by atoms with Crippen LogP contribution in [0.4, 0.5) is 68.2 Å². The zero-order valence-corrected chi connectivity index (χ0v) is 78.0. The van der Waals surface area contributed by atoms with Gasteiger partial charge in [-0.1, -0.05) is 376 Å². The van der Waals surface area contributed by atoms with E-state index < -0.39 is 0 Å². The van der Waals surface area contributed by atoms with Crippen LogP contribution in [0.25, 0.3) is 165 Å². The van der Waals surface area contributed by atoms with Crippen LogP contribution in [0.3, 0.4) is 0 Å². The highest BCUT2D eigenvalue weighted by Crippen LogP contribution is 2.51. The molecule has 0 aliphatic rings. The molecule has 2 aromatic heterocycles. The Bertz CT molecular complexity index is 8510. The molecule has 0 N–H and O–H groups in total. The molecular formula is C136H94N6. The van der Waals surface area contributed by atoms with Crippen molar-refractivity contribution < 1.29 is 0 Å². The van der Waals surface area contributed by atoms with E-state index in [1.165, 1.54) is 131 Å². The molecule has 0 atom stereocenters. The maximum atomic E-state index is 2.44. The first-order chi connectivity index (χ1) is 70.5. The molecular weight excluding hydrogens is 1720 g/mol. The van der Waals surface area contributed by atoms with Gasteiger partial charge in [0.1, 0.15) is 0 Å². The summed E-state index contributed by atoms with van der Waals surface area (Å²) in [6.45, 7) is 0. The van der Waals surface area contributed by atoms with Crippen LogP contribution < -0.4 is 19.6 Å². The van der Waals surface area contributed by atoms with Crippen molar-refractivity contribution >= 4 is 155 Å². The zero-order chi connectivity index (χ0) is 94.2. The third-order valence-corrected chi connectivity index (χ3v) is 27.9. The van der Waals surface area contributed by atoms with E-state index in [2.05, 4.69) is 599 Å². The first kappa shape index (κ1) is 84.8. The smallest absolute Gasteiger partial charge is 0.0542 e. The number of nitrogens with zero attached hydrogens (tertiary/aromatic N) is 6. The van der Waals surface area contributed by atoms with Gasteiger partial charge in [0.25, 0.3) is 0 Å². The van der Waals surface area contributed by atoms with Crippen molar-refractivity contribution in [1.82, 2.24) is 9.13 Å². The number of anilines is 12. The van der Waals surface area contributed by atoms with Crippen molar-refractivity contribution in [3.63, 3.8) is 0 Å². The largest absolute Gasteiger partial charge is 0.310 e. The van der Waals surface area contributed by atoms with Gasteiger partial charge in [-0.3, -0.25) is 0 Å². The fourth-order valence-corrected chi connectivity index (χ4v) is 21.5. The molecule has 0 saturated carbocycles. The zero-order valence-electron chi connectivity index (χ0n) is 78.0. The molecule has 0 bridgehead atoms. The van der Waals surface area contributed by atoms with E-state index in [1.807, 2.05) is 0 Å². The lowest BCUT2D eigenvalue weighted by Crippen LogP contribution is -2.09. The molecule has 26 aromatic rings. The molecule has 0 aliphatic heterocycles. The van der Waals surface area contributed by atoms with Gasteiger partial charge >= 0.3 is 0 Å². The summed E-state index contributed by atoms with van der Waals surface area (Å²) in [7, 11) is 0. The standard InChI is InChI=1S/C74H51N3.C62H43N3/c1-6-20-52(21-7-1)53-34-36-54(37-35-53)55-38-40-56(41-39-55)73-65-30-16-18-32-67(65)74(68-33-19-17-31-66(68)73)57-42-44-62(45-43-57)77-71-48-46-63(75(58-22-8-2-9-23-58)59-24-10-3-11-25-59)50-69(71)70-51-64(47-49-72(70)77)76(60-26-12-4-13-27-60)61-28-14-5-15-29-61;1-6-20-44(21-7-1)61-53-30-16-18-32-55(53)62(56-33-19-17-31-54(56)61)45-34-36-50(37-35-45)65-59-40-38-51(63(46-22-8-2-9-23-46)47-24-10-3-11-25-47)42-57(59)58-43-52(39-41-60(58)65)64(48-26-12-4-13-27-48)49-28-14-5-15-29-49/h1-51H;1-43H. The Morgan fingerprint density at radius 3 is 0.451 bits per heavy atom. The van der Waals surface area contributed by atoms with Crippen molar-refractivity contribution in [2.45, 2.75) is 0 Å². The van der Waals surface area contributed by atoms with Crippen LogP contribution in [-0.4, -0.2) is 9.13 Å². The average Bonchev–Trinajstić information content (AvgIpc) is 1.39. The number of hydrogen-bond donors (Lipinski definition) is 0. The Labute approximate surface area is 826 Å². The van der Waals surface area contributed by atoms with E-state index in [9.17, 15) is 0 Å². The van der Waals surface area contributed by atoms with Crippen LogP contribution >= 0.6 is 0 Å². The van der Waals surface area contributed by atoms with Gasteiger partial charge in [0, 0.05) is 101 Å². The molecule has 6 nitrogen and oxygen atoms in total. The van der Waals surface area contributed by atoms with Gasteiger partial charge in [0.05, 0.1) is 22.1 Å². The highest BCUT2D eigenvalue weighted by Gasteiger charge is 2.27. The van der Waals surface area contributed by atoms with Crippen LogP contribution in [-0.2, 0) is 0 Å². The average molecular weight is 1810 g/mol. The van der Waals surface area contributed by atoms with Crippen molar-refractivity contribution in [2.24, 2.45) is 0 Å². The highest BCUT2D eigenvalue weighted by atomic mass is 15.2. The molecule has 0 radical (unpaired) electrons.